The van der Waals surface area contributed by atoms with E-state index in [9.17, 15) is 5.11 Å². The smallest absolute Gasteiger partial charge is 0.375 e. The van der Waals surface area contributed by atoms with Crippen LogP contribution in [0.2, 0.25) is 0 Å². The summed E-state index contributed by atoms with van der Waals surface area (Å²) in [6.45, 7) is 4.10. The maximum Gasteiger partial charge on any atom is 0.375 e. The van der Waals surface area contributed by atoms with Crippen LogP contribution < -0.4 is 19.1 Å². The summed E-state index contributed by atoms with van der Waals surface area (Å²) in [5.41, 5.74) is 5.31. The van der Waals surface area contributed by atoms with Gasteiger partial charge in [-0.3, -0.25) is 9.68 Å². The molecule has 5 heteroatoms. The quantitative estimate of drug-likeness (QED) is 0.565. The second-order valence-corrected chi connectivity index (χ2v) is 5.02. The molecule has 0 saturated carbocycles. The van der Waals surface area contributed by atoms with Crippen molar-refractivity contribution in [3.05, 3.63) is 41.5 Å². The van der Waals surface area contributed by atoms with Crippen molar-refractivity contribution in [1.82, 2.24) is 0 Å². The number of phenolic OH excluding ortho intramolecular Hbond substituents is 1. The third kappa shape index (κ3) is 1.85. The van der Waals surface area contributed by atoms with Gasteiger partial charge in [0.25, 0.3) is 0 Å². The average Bonchev–Trinajstić information content (AvgIpc) is 2.47. The molecule has 0 atom stereocenters. The monoisotopic (exact) mass is 286 g/mol. The van der Waals surface area contributed by atoms with Crippen molar-refractivity contribution < 1.29 is 24.2 Å². The van der Waals surface area contributed by atoms with Gasteiger partial charge in [-0.05, 0) is 31.0 Å². The number of nitrogens with zero attached hydrogens (tertiary/aromatic N) is 2. The van der Waals surface area contributed by atoms with Crippen LogP contribution in [0.4, 0.5) is 0 Å². The molecule has 1 aromatic heterocycles. The molecule has 21 heavy (non-hydrogen) atoms. The van der Waals surface area contributed by atoms with Gasteiger partial charge < -0.3 is 5.11 Å². The van der Waals surface area contributed by atoms with E-state index in [1.54, 1.807) is 35.8 Å². The van der Waals surface area contributed by atoms with Crippen molar-refractivity contribution in [2.75, 3.05) is 14.2 Å². The Balaban J connectivity index is 2.65. The second-order valence-electron chi connectivity index (χ2n) is 5.02. The van der Waals surface area contributed by atoms with Crippen LogP contribution in [-0.4, -0.2) is 19.3 Å². The molecule has 3 rings (SSSR count). The first-order valence-electron chi connectivity index (χ1n) is 6.70. The molecule has 0 fully saturated rings. The van der Waals surface area contributed by atoms with Crippen molar-refractivity contribution in [3.8, 4) is 5.75 Å². The van der Waals surface area contributed by atoms with E-state index in [0.29, 0.717) is 5.52 Å². The number of para-hydroxylation sites is 1. The predicted molar refractivity (Wildman–Crippen MR) is 78.0 cm³/mol. The van der Waals surface area contributed by atoms with Gasteiger partial charge in [-0.1, -0.05) is 6.07 Å². The Hall–Kier alpha value is -2.56. The highest BCUT2D eigenvalue weighted by molar-refractivity contribution is 5.80. The van der Waals surface area contributed by atoms with E-state index in [1.165, 1.54) is 0 Å². The fraction of sp³-hybridized carbons (Fsp3) is 0.250. The van der Waals surface area contributed by atoms with Gasteiger partial charge in [-0.2, -0.15) is 0 Å². The lowest BCUT2D eigenvalue weighted by Crippen LogP contribution is -2.51. The van der Waals surface area contributed by atoms with Gasteiger partial charge in [-0.25, -0.2) is 0 Å². The molecule has 0 aliphatic rings. The summed E-state index contributed by atoms with van der Waals surface area (Å²) < 4.78 is 3.33. The molecule has 0 saturated heterocycles. The Labute approximate surface area is 122 Å². The number of fused-ring (bicyclic) bond motifs is 2. The van der Waals surface area contributed by atoms with Gasteiger partial charge in [0.15, 0.2) is 0 Å². The normalized spacial score (nSPS) is 11.0. The minimum Gasteiger partial charge on any atom is -0.502 e. The van der Waals surface area contributed by atoms with Crippen LogP contribution in [0, 0.1) is 13.8 Å². The van der Waals surface area contributed by atoms with Gasteiger partial charge in [0.05, 0.1) is 0 Å². The molecule has 0 aliphatic heterocycles. The Morgan fingerprint density at radius 1 is 0.857 bits per heavy atom. The van der Waals surface area contributed by atoms with Crippen molar-refractivity contribution in [1.29, 1.82) is 0 Å². The summed E-state index contributed by atoms with van der Waals surface area (Å²) >= 11 is 0. The molecule has 5 nitrogen and oxygen atoms in total. The van der Waals surface area contributed by atoms with Crippen LogP contribution in [0.15, 0.2) is 30.3 Å². The van der Waals surface area contributed by atoms with Crippen molar-refractivity contribution in [2.24, 2.45) is 0 Å². The van der Waals surface area contributed by atoms with E-state index in [0.717, 1.165) is 27.7 Å². The van der Waals surface area contributed by atoms with Crippen molar-refractivity contribution in [3.63, 3.8) is 0 Å². The highest BCUT2D eigenvalue weighted by atomic mass is 16.7. The summed E-state index contributed by atoms with van der Waals surface area (Å²) in [5.74, 6) is 0.139. The summed E-state index contributed by atoms with van der Waals surface area (Å²) in [5, 5.41) is 10.2. The first kappa shape index (κ1) is 13.4. The number of phenols is 1. The molecule has 0 radical (unpaired) electrons. The lowest BCUT2D eigenvalue weighted by atomic mass is 10.1. The lowest BCUT2D eigenvalue weighted by Gasteiger charge is -2.05. The van der Waals surface area contributed by atoms with Crippen LogP contribution in [0.25, 0.3) is 22.1 Å². The van der Waals surface area contributed by atoms with Crippen LogP contribution in [0.1, 0.15) is 11.1 Å². The molecule has 1 N–H and O–H groups in total. The Morgan fingerprint density at radius 3 is 2.00 bits per heavy atom. The Bertz CT molecular complexity index is 859. The third-order valence-electron chi connectivity index (χ3n) is 3.81. The van der Waals surface area contributed by atoms with Gasteiger partial charge in [0, 0.05) is 27.7 Å². The number of benzene rings is 2. The minimum absolute atomic E-state index is 0.139. The fourth-order valence-corrected chi connectivity index (χ4v) is 2.64. The summed E-state index contributed by atoms with van der Waals surface area (Å²) in [7, 11) is 3.19. The van der Waals surface area contributed by atoms with Crippen LogP contribution >= 0.6 is 0 Å². The third-order valence-corrected chi connectivity index (χ3v) is 3.81. The Kier molecular flexibility index (Phi) is 3.05. The number of hydrogen-bond acceptors (Lipinski definition) is 3. The lowest BCUT2D eigenvalue weighted by molar-refractivity contribution is -0.875. The van der Waals surface area contributed by atoms with Gasteiger partial charge >= 0.3 is 22.1 Å². The van der Waals surface area contributed by atoms with E-state index in [-0.39, 0.29) is 5.75 Å². The number of aromatic hydroxyl groups is 1. The van der Waals surface area contributed by atoms with Gasteiger partial charge in [-0.15, -0.1) is 0 Å². The number of aromatic nitrogens is 2. The van der Waals surface area contributed by atoms with E-state index in [2.05, 4.69) is 6.92 Å². The maximum absolute atomic E-state index is 10.2. The van der Waals surface area contributed by atoms with Gasteiger partial charge in [0.1, 0.15) is 14.2 Å². The topological polar surface area (TPSA) is 46.5 Å². The minimum atomic E-state index is 0.139. The van der Waals surface area contributed by atoms with Crippen molar-refractivity contribution in [2.45, 2.75) is 13.8 Å². The molecule has 0 bridgehead atoms. The SMILES string of the molecule is CO[n+]1c2cc(C)c(C)cc2[n+](OC)c2c(O)cccc21. The van der Waals surface area contributed by atoms with Crippen LogP contribution in [0.5, 0.6) is 5.75 Å². The standard InChI is InChI=1S/C16H17N2O3/c1-10-8-13-14(9-11(10)2)18(21-4)16-12(17(13)20-3)6-5-7-15(16)19/h5-9H,1-4H3/q+1/p+1. The zero-order valence-electron chi connectivity index (χ0n) is 12.5. The summed E-state index contributed by atoms with van der Waals surface area (Å²) in [4.78, 5) is 11.0. The molecule has 1 heterocycles. The molecule has 0 unspecified atom stereocenters. The zero-order valence-corrected chi connectivity index (χ0v) is 12.5. The van der Waals surface area contributed by atoms with E-state index in [1.807, 2.05) is 25.1 Å². The predicted octanol–water partition coefficient (Wildman–Crippen LogP) is 1.01. The van der Waals surface area contributed by atoms with Crippen LogP contribution in [-0.2, 0) is 0 Å². The zero-order chi connectivity index (χ0) is 15.1. The van der Waals surface area contributed by atoms with E-state index in [4.69, 9.17) is 9.68 Å². The van der Waals surface area contributed by atoms with Crippen molar-refractivity contribution >= 4 is 22.1 Å². The largest absolute Gasteiger partial charge is 0.502 e. The van der Waals surface area contributed by atoms with E-state index < -0.39 is 0 Å². The summed E-state index contributed by atoms with van der Waals surface area (Å²) in [6.07, 6.45) is 0. The fourth-order valence-electron chi connectivity index (χ4n) is 2.64. The molecule has 0 aliphatic carbocycles. The molecule has 0 amide bonds. The molecule has 3 aromatic rings. The number of aryl methyl sites for hydroxylation is 2. The summed E-state index contributed by atoms with van der Waals surface area (Å²) in [6, 6.07) is 9.36. The molecule has 0 spiro atoms. The Morgan fingerprint density at radius 2 is 1.43 bits per heavy atom. The number of hydrogen-bond donors (Lipinski definition) is 1. The molecular formula is C16H18N2O3+2. The first-order chi connectivity index (χ1) is 10.1. The number of rotatable bonds is 2. The maximum atomic E-state index is 10.2. The highest BCUT2D eigenvalue weighted by Crippen LogP contribution is 2.22. The second kappa shape index (κ2) is 4.77. The van der Waals surface area contributed by atoms with Crippen LogP contribution in [0.3, 0.4) is 0 Å². The molecular weight excluding hydrogens is 268 g/mol. The molecule has 2 aromatic carbocycles. The van der Waals surface area contributed by atoms with Gasteiger partial charge in [0.2, 0.25) is 5.75 Å². The first-order valence-corrected chi connectivity index (χ1v) is 6.70. The average molecular weight is 286 g/mol. The highest BCUT2D eigenvalue weighted by Gasteiger charge is 2.33. The van der Waals surface area contributed by atoms with E-state index >= 15 is 0 Å². The molecule has 108 valence electrons.